The number of ether oxygens (including phenoxy) is 1. The first-order valence-corrected chi connectivity index (χ1v) is 11.0. The Labute approximate surface area is 197 Å². The normalized spacial score (nSPS) is 14.7. The summed E-state index contributed by atoms with van der Waals surface area (Å²) in [5.41, 5.74) is 2.22. The lowest BCUT2D eigenvalue weighted by molar-refractivity contribution is -0.384. The maximum atomic E-state index is 13.4. The number of amides is 2. The van der Waals surface area contributed by atoms with E-state index in [-0.39, 0.29) is 11.6 Å². The number of nitrogens with zero attached hydrogens (tertiary/aromatic N) is 1. The van der Waals surface area contributed by atoms with Gasteiger partial charge in [0.05, 0.1) is 16.0 Å². The van der Waals surface area contributed by atoms with Gasteiger partial charge >= 0.3 is 0 Å². The highest BCUT2D eigenvalue weighted by Gasteiger charge is 2.41. The molecule has 3 aromatic carbocycles. The van der Waals surface area contributed by atoms with Crippen LogP contribution in [0, 0.1) is 17.0 Å². The van der Waals surface area contributed by atoms with E-state index in [0.717, 1.165) is 5.56 Å². The van der Waals surface area contributed by atoms with Crippen molar-refractivity contribution in [3.05, 3.63) is 99.6 Å². The molecule has 0 aliphatic carbocycles. The van der Waals surface area contributed by atoms with Crippen LogP contribution in [0.15, 0.2) is 72.8 Å². The number of nitro benzene ring substituents is 1. The molecule has 2 amide bonds. The highest BCUT2D eigenvalue weighted by molar-refractivity contribution is 6.05. The number of hydrogen-bond acceptors (Lipinski definition) is 5. The molecule has 8 heteroatoms. The summed E-state index contributed by atoms with van der Waals surface area (Å²) in [5, 5.41) is 16.7. The Hall–Kier alpha value is -4.04. The molecule has 0 radical (unpaired) electrons. The predicted octanol–water partition coefficient (Wildman–Crippen LogP) is 4.84. The van der Waals surface area contributed by atoms with Crippen molar-refractivity contribution < 1.29 is 19.2 Å². The minimum atomic E-state index is -0.672. The van der Waals surface area contributed by atoms with E-state index in [2.05, 4.69) is 10.6 Å². The number of nitro groups is 1. The van der Waals surface area contributed by atoms with Crippen LogP contribution in [0.2, 0.25) is 0 Å². The topological polar surface area (TPSA) is 111 Å². The van der Waals surface area contributed by atoms with Gasteiger partial charge in [-0.1, -0.05) is 36.4 Å². The van der Waals surface area contributed by atoms with Crippen LogP contribution in [-0.4, -0.2) is 30.0 Å². The second-order valence-corrected chi connectivity index (χ2v) is 8.30. The lowest BCUT2D eigenvalue weighted by atomic mass is 9.73. The number of hydrogen-bond donors (Lipinski definition) is 2. The molecule has 0 spiro atoms. The Bertz CT molecular complexity index is 1200. The first kappa shape index (κ1) is 23.1. The summed E-state index contributed by atoms with van der Waals surface area (Å²) in [5.74, 6) is -0.502. The van der Waals surface area contributed by atoms with Crippen molar-refractivity contribution in [2.24, 2.45) is 0 Å². The molecule has 0 saturated carbocycles. The maximum absolute atomic E-state index is 13.4. The van der Waals surface area contributed by atoms with Gasteiger partial charge in [-0.3, -0.25) is 19.7 Å². The van der Waals surface area contributed by atoms with E-state index in [0.29, 0.717) is 48.6 Å². The van der Waals surface area contributed by atoms with Crippen LogP contribution in [0.25, 0.3) is 0 Å². The predicted molar refractivity (Wildman–Crippen MR) is 129 cm³/mol. The van der Waals surface area contributed by atoms with Gasteiger partial charge in [0.25, 0.3) is 11.6 Å². The first-order chi connectivity index (χ1) is 16.4. The van der Waals surface area contributed by atoms with E-state index in [4.69, 9.17) is 4.74 Å². The van der Waals surface area contributed by atoms with Crippen LogP contribution < -0.4 is 10.6 Å². The zero-order valence-electron chi connectivity index (χ0n) is 18.7. The second kappa shape index (κ2) is 9.84. The number of carbonyl (C=O) groups is 2. The van der Waals surface area contributed by atoms with Gasteiger partial charge in [0.1, 0.15) is 0 Å². The zero-order chi connectivity index (χ0) is 24.1. The van der Waals surface area contributed by atoms with Gasteiger partial charge in [-0.15, -0.1) is 0 Å². The van der Waals surface area contributed by atoms with Crippen molar-refractivity contribution in [3.63, 3.8) is 0 Å². The molecule has 2 N–H and O–H groups in total. The molecule has 34 heavy (non-hydrogen) atoms. The second-order valence-electron chi connectivity index (χ2n) is 8.30. The third-order valence-electron chi connectivity index (χ3n) is 6.19. The van der Waals surface area contributed by atoms with Crippen molar-refractivity contribution in [1.82, 2.24) is 0 Å². The molecule has 1 heterocycles. The fourth-order valence-corrected chi connectivity index (χ4v) is 4.13. The molecular formula is C26H25N3O5. The minimum absolute atomic E-state index is 0.0978. The standard InChI is InChI=1S/C26H25N3O5/c1-18-7-12-22(29(32)33)17-23(18)28-24(30)19-8-10-21(11-9-19)27-25(31)26(13-15-34-16-14-26)20-5-3-2-4-6-20/h2-12,17H,13-16H2,1H3,(H,27,31)(H,28,30). The SMILES string of the molecule is Cc1ccc([N+](=O)[O-])cc1NC(=O)c1ccc(NC(=O)C2(c3ccccc3)CCOCC2)cc1. The number of non-ortho nitro benzene ring substituents is 1. The van der Waals surface area contributed by atoms with Crippen LogP contribution in [-0.2, 0) is 14.9 Å². The van der Waals surface area contributed by atoms with Gasteiger partial charge < -0.3 is 15.4 Å². The number of nitrogens with one attached hydrogen (secondary N) is 2. The van der Waals surface area contributed by atoms with E-state index in [9.17, 15) is 19.7 Å². The molecule has 4 rings (SSSR count). The molecule has 0 atom stereocenters. The third kappa shape index (κ3) is 4.82. The summed E-state index contributed by atoms with van der Waals surface area (Å²) in [7, 11) is 0. The zero-order valence-corrected chi connectivity index (χ0v) is 18.7. The highest BCUT2D eigenvalue weighted by atomic mass is 16.6. The number of carbonyl (C=O) groups excluding carboxylic acids is 2. The number of rotatable bonds is 6. The van der Waals surface area contributed by atoms with E-state index in [1.54, 1.807) is 37.3 Å². The fraction of sp³-hybridized carbons (Fsp3) is 0.231. The van der Waals surface area contributed by atoms with E-state index < -0.39 is 16.2 Å². The molecular weight excluding hydrogens is 434 g/mol. The molecule has 3 aromatic rings. The van der Waals surface area contributed by atoms with Crippen LogP contribution in [0.1, 0.15) is 34.3 Å². The molecule has 1 saturated heterocycles. The quantitative estimate of drug-likeness (QED) is 0.405. The summed E-state index contributed by atoms with van der Waals surface area (Å²) in [4.78, 5) is 36.6. The first-order valence-electron chi connectivity index (χ1n) is 11.0. The Kier molecular flexibility index (Phi) is 6.70. The van der Waals surface area contributed by atoms with Gasteiger partial charge in [-0.05, 0) is 55.2 Å². The fourth-order valence-electron chi connectivity index (χ4n) is 4.13. The van der Waals surface area contributed by atoms with Crippen molar-refractivity contribution >= 4 is 28.9 Å². The van der Waals surface area contributed by atoms with Gasteiger partial charge in [0.2, 0.25) is 5.91 Å². The van der Waals surface area contributed by atoms with Gasteiger partial charge in [-0.2, -0.15) is 0 Å². The Morgan fingerprint density at radius 2 is 1.62 bits per heavy atom. The largest absolute Gasteiger partial charge is 0.381 e. The molecule has 1 aliphatic rings. The monoisotopic (exact) mass is 459 g/mol. The lowest BCUT2D eigenvalue weighted by Gasteiger charge is -2.36. The van der Waals surface area contributed by atoms with E-state index in [1.165, 1.54) is 12.1 Å². The lowest BCUT2D eigenvalue weighted by Crippen LogP contribution is -2.44. The molecule has 0 bridgehead atoms. The van der Waals surface area contributed by atoms with E-state index >= 15 is 0 Å². The molecule has 1 fully saturated rings. The average Bonchev–Trinajstić information content (AvgIpc) is 2.86. The summed E-state index contributed by atoms with van der Waals surface area (Å²) in [6.45, 7) is 2.79. The third-order valence-corrected chi connectivity index (χ3v) is 6.19. The van der Waals surface area contributed by atoms with Crippen LogP contribution in [0.5, 0.6) is 0 Å². The average molecular weight is 460 g/mol. The van der Waals surface area contributed by atoms with Crippen LogP contribution in [0.3, 0.4) is 0 Å². The summed E-state index contributed by atoms with van der Waals surface area (Å²) in [6.07, 6.45) is 1.18. The van der Waals surface area contributed by atoms with Crippen molar-refractivity contribution in [1.29, 1.82) is 0 Å². The molecule has 0 unspecified atom stereocenters. The van der Waals surface area contributed by atoms with Crippen LogP contribution >= 0.6 is 0 Å². The Morgan fingerprint density at radius 3 is 2.26 bits per heavy atom. The highest BCUT2D eigenvalue weighted by Crippen LogP contribution is 2.36. The van der Waals surface area contributed by atoms with Crippen molar-refractivity contribution in [3.8, 4) is 0 Å². The van der Waals surface area contributed by atoms with E-state index in [1.807, 2.05) is 30.3 Å². The summed E-state index contributed by atoms with van der Waals surface area (Å²) >= 11 is 0. The maximum Gasteiger partial charge on any atom is 0.271 e. The minimum Gasteiger partial charge on any atom is -0.381 e. The van der Waals surface area contributed by atoms with Crippen molar-refractivity contribution in [2.45, 2.75) is 25.2 Å². The number of anilines is 2. The van der Waals surface area contributed by atoms with Crippen molar-refractivity contribution in [2.75, 3.05) is 23.8 Å². The number of aryl methyl sites for hydroxylation is 1. The smallest absolute Gasteiger partial charge is 0.271 e. The summed E-state index contributed by atoms with van der Waals surface area (Å²) < 4.78 is 5.50. The molecule has 174 valence electrons. The van der Waals surface area contributed by atoms with Gasteiger partial charge in [0.15, 0.2) is 0 Å². The molecule has 8 nitrogen and oxygen atoms in total. The number of benzene rings is 3. The van der Waals surface area contributed by atoms with Gasteiger partial charge in [-0.25, -0.2) is 0 Å². The Balaban J connectivity index is 1.48. The molecule has 1 aliphatic heterocycles. The Morgan fingerprint density at radius 1 is 0.941 bits per heavy atom. The van der Waals surface area contributed by atoms with Gasteiger partial charge in [0, 0.05) is 36.6 Å². The molecule has 0 aromatic heterocycles. The summed E-state index contributed by atoms with van der Waals surface area (Å²) in [6, 6.07) is 20.6. The van der Waals surface area contributed by atoms with Crippen LogP contribution in [0.4, 0.5) is 17.1 Å².